The van der Waals surface area contributed by atoms with E-state index < -0.39 is 0 Å². The average molecular weight is 229 g/mol. The number of nitrogens with zero attached hydrogens (tertiary/aromatic N) is 1. The zero-order chi connectivity index (χ0) is 9.97. The van der Waals surface area contributed by atoms with Gasteiger partial charge in [-0.3, -0.25) is 0 Å². The van der Waals surface area contributed by atoms with E-state index in [4.69, 9.17) is 15.0 Å². The number of halogens is 1. The molecule has 0 aliphatic heterocycles. The molecule has 0 saturated heterocycles. The normalized spacial score (nSPS) is 10.0. The second-order valence-electron chi connectivity index (χ2n) is 3.08. The van der Waals surface area contributed by atoms with E-state index in [2.05, 4.69) is 5.16 Å². The molecule has 0 atom stereocenters. The van der Waals surface area contributed by atoms with Crippen LogP contribution in [-0.2, 0) is 0 Å². The molecule has 0 saturated carbocycles. The largest absolute Gasteiger partial charge is 0.474 e. The summed E-state index contributed by atoms with van der Waals surface area (Å²) in [6, 6.07) is 5.84. The average Bonchev–Trinajstić information content (AvgIpc) is 2.60. The van der Waals surface area contributed by atoms with Crippen LogP contribution in [-0.4, -0.2) is 18.3 Å². The smallest absolute Gasteiger partial charge is 0.262 e. The van der Waals surface area contributed by atoms with Gasteiger partial charge in [0, 0.05) is 6.54 Å². The second kappa shape index (κ2) is 5.00. The van der Waals surface area contributed by atoms with Gasteiger partial charge in [0.05, 0.1) is 5.39 Å². The minimum atomic E-state index is 0. The van der Waals surface area contributed by atoms with E-state index in [1.54, 1.807) is 0 Å². The van der Waals surface area contributed by atoms with E-state index in [1.165, 1.54) is 0 Å². The van der Waals surface area contributed by atoms with E-state index in [9.17, 15) is 0 Å². The van der Waals surface area contributed by atoms with Gasteiger partial charge in [-0.25, -0.2) is 0 Å². The van der Waals surface area contributed by atoms with Gasteiger partial charge in [-0.15, -0.1) is 12.4 Å². The third-order valence-corrected chi connectivity index (χ3v) is 2.02. The van der Waals surface area contributed by atoms with Crippen molar-refractivity contribution in [2.75, 3.05) is 13.2 Å². The maximum Gasteiger partial charge on any atom is 0.262 e. The van der Waals surface area contributed by atoms with Gasteiger partial charge in [0.1, 0.15) is 6.61 Å². The monoisotopic (exact) mass is 228 g/mol. The Morgan fingerprint density at radius 2 is 2.27 bits per heavy atom. The van der Waals surface area contributed by atoms with Gasteiger partial charge >= 0.3 is 0 Å². The number of aromatic nitrogens is 1. The summed E-state index contributed by atoms with van der Waals surface area (Å²) in [6.45, 7) is 2.90. The van der Waals surface area contributed by atoms with Crippen LogP contribution in [0.1, 0.15) is 5.56 Å². The van der Waals surface area contributed by atoms with Crippen LogP contribution in [0, 0.1) is 6.92 Å². The van der Waals surface area contributed by atoms with Crippen molar-refractivity contribution in [1.29, 1.82) is 0 Å². The topological polar surface area (TPSA) is 61.3 Å². The van der Waals surface area contributed by atoms with Crippen molar-refractivity contribution in [3.8, 4) is 5.88 Å². The SMILES string of the molecule is Cc1cccc2c(OCCN)noc12.Cl. The van der Waals surface area contributed by atoms with Crippen molar-refractivity contribution < 1.29 is 9.26 Å². The lowest BCUT2D eigenvalue weighted by molar-refractivity contribution is 0.293. The minimum absolute atomic E-state index is 0. The van der Waals surface area contributed by atoms with E-state index in [0.717, 1.165) is 16.5 Å². The highest BCUT2D eigenvalue weighted by molar-refractivity contribution is 5.85. The number of para-hydroxylation sites is 1. The van der Waals surface area contributed by atoms with E-state index in [1.807, 2.05) is 25.1 Å². The van der Waals surface area contributed by atoms with Crippen molar-refractivity contribution >= 4 is 23.4 Å². The molecule has 1 aromatic heterocycles. The molecular formula is C10H13ClN2O2. The van der Waals surface area contributed by atoms with Crippen LogP contribution < -0.4 is 10.5 Å². The molecule has 1 aromatic carbocycles. The van der Waals surface area contributed by atoms with Crippen LogP contribution >= 0.6 is 12.4 Å². The maximum absolute atomic E-state index is 5.34. The summed E-state index contributed by atoms with van der Waals surface area (Å²) >= 11 is 0. The number of benzene rings is 1. The molecule has 0 aliphatic carbocycles. The number of rotatable bonds is 3. The highest BCUT2D eigenvalue weighted by Crippen LogP contribution is 2.26. The fourth-order valence-electron chi connectivity index (χ4n) is 1.34. The van der Waals surface area contributed by atoms with Crippen molar-refractivity contribution in [3.05, 3.63) is 23.8 Å². The lowest BCUT2D eigenvalue weighted by atomic mass is 10.2. The summed E-state index contributed by atoms with van der Waals surface area (Å²) < 4.78 is 10.5. The first kappa shape index (κ1) is 11.8. The zero-order valence-electron chi connectivity index (χ0n) is 8.40. The first-order valence-electron chi connectivity index (χ1n) is 4.51. The summed E-state index contributed by atoms with van der Waals surface area (Å²) in [7, 11) is 0. The molecule has 2 aromatic rings. The lowest BCUT2D eigenvalue weighted by Gasteiger charge is -1.98. The third kappa shape index (κ3) is 2.22. The Morgan fingerprint density at radius 3 is 3.00 bits per heavy atom. The van der Waals surface area contributed by atoms with Crippen molar-refractivity contribution in [2.24, 2.45) is 5.73 Å². The fraction of sp³-hybridized carbons (Fsp3) is 0.300. The number of hydrogen-bond acceptors (Lipinski definition) is 4. The van der Waals surface area contributed by atoms with Crippen LogP contribution in [0.4, 0.5) is 0 Å². The highest BCUT2D eigenvalue weighted by atomic mass is 35.5. The Morgan fingerprint density at radius 1 is 1.47 bits per heavy atom. The molecule has 0 unspecified atom stereocenters. The predicted octanol–water partition coefficient (Wildman–Crippen LogP) is 1.90. The molecule has 0 fully saturated rings. The Labute approximate surface area is 93.8 Å². The molecule has 0 spiro atoms. The molecule has 0 bridgehead atoms. The molecule has 2 rings (SSSR count). The van der Waals surface area contributed by atoms with E-state index >= 15 is 0 Å². The maximum atomic E-state index is 5.34. The third-order valence-electron chi connectivity index (χ3n) is 2.02. The Balaban J connectivity index is 0.00000112. The predicted molar refractivity (Wildman–Crippen MR) is 60.5 cm³/mol. The molecule has 82 valence electrons. The van der Waals surface area contributed by atoms with Crippen molar-refractivity contribution in [3.63, 3.8) is 0 Å². The Kier molecular flexibility index (Phi) is 3.94. The van der Waals surface area contributed by atoms with Gasteiger partial charge in [0.15, 0.2) is 5.58 Å². The molecule has 5 heteroatoms. The second-order valence-corrected chi connectivity index (χ2v) is 3.08. The summed E-state index contributed by atoms with van der Waals surface area (Å²) in [4.78, 5) is 0. The quantitative estimate of drug-likeness (QED) is 0.872. The number of aryl methyl sites for hydroxylation is 1. The molecule has 15 heavy (non-hydrogen) atoms. The molecule has 0 amide bonds. The van der Waals surface area contributed by atoms with Crippen LogP contribution in [0.2, 0.25) is 0 Å². The lowest BCUT2D eigenvalue weighted by Crippen LogP contribution is -2.10. The van der Waals surface area contributed by atoms with Crippen LogP contribution in [0.3, 0.4) is 0 Å². The first-order chi connectivity index (χ1) is 6.83. The number of hydrogen-bond donors (Lipinski definition) is 1. The van der Waals surface area contributed by atoms with Crippen LogP contribution in [0.5, 0.6) is 5.88 Å². The van der Waals surface area contributed by atoms with Gasteiger partial charge < -0.3 is 15.0 Å². The Hall–Kier alpha value is -1.26. The van der Waals surface area contributed by atoms with Gasteiger partial charge in [-0.05, 0) is 23.7 Å². The van der Waals surface area contributed by atoms with Crippen LogP contribution in [0.25, 0.3) is 11.0 Å². The summed E-state index contributed by atoms with van der Waals surface area (Å²) in [6.07, 6.45) is 0. The van der Waals surface area contributed by atoms with Gasteiger partial charge in [0.25, 0.3) is 5.88 Å². The van der Waals surface area contributed by atoms with E-state index in [0.29, 0.717) is 19.0 Å². The number of fused-ring (bicyclic) bond motifs is 1. The molecule has 0 radical (unpaired) electrons. The van der Waals surface area contributed by atoms with Gasteiger partial charge in [-0.1, -0.05) is 12.1 Å². The van der Waals surface area contributed by atoms with Gasteiger partial charge in [-0.2, -0.15) is 0 Å². The number of nitrogens with two attached hydrogens (primary N) is 1. The van der Waals surface area contributed by atoms with Gasteiger partial charge in [0.2, 0.25) is 0 Å². The molecular weight excluding hydrogens is 216 g/mol. The summed E-state index contributed by atoms with van der Waals surface area (Å²) in [5.41, 5.74) is 7.17. The molecule has 4 nitrogen and oxygen atoms in total. The highest BCUT2D eigenvalue weighted by Gasteiger charge is 2.09. The van der Waals surface area contributed by atoms with Crippen molar-refractivity contribution in [2.45, 2.75) is 6.92 Å². The van der Waals surface area contributed by atoms with Crippen LogP contribution in [0.15, 0.2) is 22.7 Å². The van der Waals surface area contributed by atoms with Crippen molar-refractivity contribution in [1.82, 2.24) is 5.16 Å². The number of ether oxygens (including phenoxy) is 1. The Bertz CT molecular complexity index is 442. The minimum Gasteiger partial charge on any atom is -0.474 e. The molecule has 2 N–H and O–H groups in total. The molecule has 1 heterocycles. The fourth-order valence-corrected chi connectivity index (χ4v) is 1.34. The summed E-state index contributed by atoms with van der Waals surface area (Å²) in [5.74, 6) is 0.522. The standard InChI is InChI=1S/C10H12N2O2.ClH/c1-7-3-2-4-8-9(7)14-12-10(8)13-6-5-11;/h2-4H,5-6,11H2,1H3;1H. The zero-order valence-corrected chi connectivity index (χ0v) is 9.21. The van der Waals surface area contributed by atoms with E-state index in [-0.39, 0.29) is 12.4 Å². The molecule has 0 aliphatic rings. The summed E-state index contributed by atoms with van der Waals surface area (Å²) in [5, 5.41) is 4.74. The first-order valence-corrected chi connectivity index (χ1v) is 4.51.